The Hall–Kier alpha value is -0.560. The van der Waals surface area contributed by atoms with Crippen LogP contribution in [0.2, 0.25) is 0 Å². The van der Waals surface area contributed by atoms with Gasteiger partial charge in [0.25, 0.3) is 0 Å². The zero-order valence-corrected chi connectivity index (χ0v) is 6.43. The lowest BCUT2D eigenvalue weighted by Gasteiger charge is -2.04. The van der Waals surface area contributed by atoms with Gasteiger partial charge in [0.1, 0.15) is 0 Å². The number of allylic oxidation sites excluding steroid dienone is 2. The molecule has 0 unspecified atom stereocenters. The Labute approximate surface area is 62.1 Å². The van der Waals surface area contributed by atoms with Gasteiger partial charge in [0.15, 0.2) is 0 Å². The molecule has 0 bridgehead atoms. The molecular formula is C9H14O. The van der Waals surface area contributed by atoms with Crippen molar-refractivity contribution in [1.82, 2.24) is 0 Å². The van der Waals surface area contributed by atoms with E-state index in [1.165, 1.54) is 11.1 Å². The van der Waals surface area contributed by atoms with Crippen LogP contribution in [0.25, 0.3) is 0 Å². The first-order valence-electron chi connectivity index (χ1n) is 3.73. The van der Waals surface area contributed by atoms with Crippen LogP contribution < -0.4 is 0 Å². The molecule has 0 fully saturated rings. The average Bonchev–Trinajstić information content (AvgIpc) is 2.20. The first kappa shape index (κ1) is 7.55. The highest BCUT2D eigenvalue weighted by molar-refractivity contribution is 5.24. The predicted molar refractivity (Wildman–Crippen MR) is 42.8 cm³/mol. The van der Waals surface area contributed by atoms with E-state index in [4.69, 9.17) is 0 Å². The Morgan fingerprint density at radius 1 is 1.80 bits per heavy atom. The third-order valence-electron chi connectivity index (χ3n) is 2.11. The Morgan fingerprint density at radius 3 is 2.90 bits per heavy atom. The zero-order valence-electron chi connectivity index (χ0n) is 6.43. The number of hydrogen-bond acceptors (Lipinski definition) is 1. The fraction of sp³-hybridized carbons (Fsp3) is 0.556. The van der Waals surface area contributed by atoms with Crippen LogP contribution >= 0.6 is 0 Å². The SMILES string of the molecule is C=CCC1=C(C)CC[C@@H]1O. The van der Waals surface area contributed by atoms with E-state index in [-0.39, 0.29) is 6.10 Å². The van der Waals surface area contributed by atoms with Crippen molar-refractivity contribution in [2.75, 3.05) is 0 Å². The van der Waals surface area contributed by atoms with Gasteiger partial charge in [0.05, 0.1) is 6.10 Å². The van der Waals surface area contributed by atoms with Crippen molar-refractivity contribution in [3.05, 3.63) is 23.8 Å². The molecule has 1 aliphatic carbocycles. The fourth-order valence-electron chi connectivity index (χ4n) is 1.44. The second-order valence-corrected chi connectivity index (χ2v) is 2.85. The van der Waals surface area contributed by atoms with Gasteiger partial charge in [-0.3, -0.25) is 0 Å². The summed E-state index contributed by atoms with van der Waals surface area (Å²) in [7, 11) is 0. The molecular weight excluding hydrogens is 124 g/mol. The largest absolute Gasteiger partial charge is 0.389 e. The monoisotopic (exact) mass is 138 g/mol. The van der Waals surface area contributed by atoms with Crippen LogP contribution in [0.15, 0.2) is 23.8 Å². The van der Waals surface area contributed by atoms with E-state index in [9.17, 15) is 5.11 Å². The molecule has 1 nitrogen and oxygen atoms in total. The third-order valence-corrected chi connectivity index (χ3v) is 2.11. The van der Waals surface area contributed by atoms with Crippen molar-refractivity contribution < 1.29 is 5.11 Å². The molecule has 1 heteroatoms. The van der Waals surface area contributed by atoms with Crippen LogP contribution in [0.5, 0.6) is 0 Å². The van der Waals surface area contributed by atoms with Crippen LogP contribution in [-0.4, -0.2) is 11.2 Å². The summed E-state index contributed by atoms with van der Waals surface area (Å²) in [6.45, 7) is 5.74. The van der Waals surface area contributed by atoms with Gasteiger partial charge >= 0.3 is 0 Å². The van der Waals surface area contributed by atoms with Gasteiger partial charge in [-0.1, -0.05) is 11.6 Å². The summed E-state index contributed by atoms with van der Waals surface area (Å²) < 4.78 is 0. The Kier molecular flexibility index (Phi) is 2.28. The number of aliphatic hydroxyl groups excluding tert-OH is 1. The van der Waals surface area contributed by atoms with Gasteiger partial charge in [-0.15, -0.1) is 6.58 Å². The second kappa shape index (κ2) is 3.02. The molecule has 1 rings (SSSR count). The summed E-state index contributed by atoms with van der Waals surface area (Å²) in [6.07, 6.45) is 4.50. The van der Waals surface area contributed by atoms with Crippen LogP contribution in [0.3, 0.4) is 0 Å². The standard InChI is InChI=1S/C9H14O/c1-3-4-8-7(2)5-6-9(8)10/h3,9-10H,1,4-6H2,2H3/t9-/m0/s1. The second-order valence-electron chi connectivity index (χ2n) is 2.85. The van der Waals surface area contributed by atoms with Crippen molar-refractivity contribution >= 4 is 0 Å². The summed E-state index contributed by atoms with van der Waals surface area (Å²) in [5.41, 5.74) is 2.54. The summed E-state index contributed by atoms with van der Waals surface area (Å²) in [4.78, 5) is 0. The molecule has 0 aliphatic heterocycles. The van der Waals surface area contributed by atoms with Gasteiger partial charge in [-0.25, -0.2) is 0 Å². The van der Waals surface area contributed by atoms with Crippen molar-refractivity contribution in [3.8, 4) is 0 Å². The Morgan fingerprint density at radius 2 is 2.50 bits per heavy atom. The molecule has 0 spiro atoms. The van der Waals surface area contributed by atoms with Crippen molar-refractivity contribution in [2.45, 2.75) is 32.3 Å². The lowest BCUT2D eigenvalue weighted by molar-refractivity contribution is 0.210. The van der Waals surface area contributed by atoms with Gasteiger partial charge in [0, 0.05) is 0 Å². The molecule has 0 saturated heterocycles. The van der Waals surface area contributed by atoms with Gasteiger partial charge in [0.2, 0.25) is 0 Å². The van der Waals surface area contributed by atoms with E-state index in [2.05, 4.69) is 13.5 Å². The quantitative estimate of drug-likeness (QED) is 0.579. The Balaban J connectivity index is 2.67. The first-order chi connectivity index (χ1) is 4.75. The highest BCUT2D eigenvalue weighted by Crippen LogP contribution is 2.28. The normalized spacial score (nSPS) is 25.6. The molecule has 1 atom stereocenters. The third kappa shape index (κ3) is 1.29. The number of aliphatic hydroxyl groups is 1. The highest BCUT2D eigenvalue weighted by Gasteiger charge is 2.18. The maximum atomic E-state index is 9.38. The maximum absolute atomic E-state index is 9.38. The van der Waals surface area contributed by atoms with E-state index >= 15 is 0 Å². The first-order valence-corrected chi connectivity index (χ1v) is 3.73. The van der Waals surface area contributed by atoms with Crippen LogP contribution in [0, 0.1) is 0 Å². The topological polar surface area (TPSA) is 20.2 Å². The smallest absolute Gasteiger partial charge is 0.0758 e. The molecule has 10 heavy (non-hydrogen) atoms. The van der Waals surface area contributed by atoms with Gasteiger partial charge < -0.3 is 5.11 Å². The van der Waals surface area contributed by atoms with Crippen LogP contribution in [0.1, 0.15) is 26.2 Å². The number of rotatable bonds is 2. The molecule has 0 saturated carbocycles. The number of hydrogen-bond donors (Lipinski definition) is 1. The lowest BCUT2D eigenvalue weighted by Crippen LogP contribution is -2.03. The van der Waals surface area contributed by atoms with E-state index in [0.717, 1.165) is 19.3 Å². The van der Waals surface area contributed by atoms with Gasteiger partial charge in [-0.05, 0) is 31.8 Å². The van der Waals surface area contributed by atoms with Crippen molar-refractivity contribution in [1.29, 1.82) is 0 Å². The summed E-state index contributed by atoms with van der Waals surface area (Å²) in [5, 5.41) is 9.38. The molecule has 1 aliphatic rings. The van der Waals surface area contributed by atoms with Crippen LogP contribution in [0.4, 0.5) is 0 Å². The molecule has 1 N–H and O–H groups in total. The minimum absolute atomic E-state index is 0.182. The molecule has 0 aromatic carbocycles. The van der Waals surface area contributed by atoms with Crippen molar-refractivity contribution in [2.24, 2.45) is 0 Å². The zero-order chi connectivity index (χ0) is 7.56. The molecule has 0 aromatic rings. The molecule has 0 heterocycles. The van der Waals surface area contributed by atoms with E-state index < -0.39 is 0 Å². The van der Waals surface area contributed by atoms with Crippen LogP contribution in [-0.2, 0) is 0 Å². The summed E-state index contributed by atoms with van der Waals surface area (Å²) >= 11 is 0. The highest BCUT2D eigenvalue weighted by atomic mass is 16.3. The maximum Gasteiger partial charge on any atom is 0.0758 e. The predicted octanol–water partition coefficient (Wildman–Crippen LogP) is 2.03. The fourth-order valence-corrected chi connectivity index (χ4v) is 1.44. The molecule has 56 valence electrons. The molecule has 0 radical (unpaired) electrons. The van der Waals surface area contributed by atoms with Crippen molar-refractivity contribution in [3.63, 3.8) is 0 Å². The van der Waals surface area contributed by atoms with E-state index in [1.807, 2.05) is 6.08 Å². The minimum atomic E-state index is -0.182. The van der Waals surface area contributed by atoms with E-state index in [0.29, 0.717) is 0 Å². The minimum Gasteiger partial charge on any atom is -0.389 e. The Bertz CT molecular complexity index is 168. The molecule has 0 amide bonds. The summed E-state index contributed by atoms with van der Waals surface area (Å²) in [6, 6.07) is 0. The molecule has 0 aromatic heterocycles. The van der Waals surface area contributed by atoms with Gasteiger partial charge in [-0.2, -0.15) is 0 Å². The summed E-state index contributed by atoms with van der Waals surface area (Å²) in [5.74, 6) is 0. The average molecular weight is 138 g/mol. The lowest BCUT2D eigenvalue weighted by atomic mass is 10.1. The van der Waals surface area contributed by atoms with E-state index in [1.54, 1.807) is 0 Å².